The molecule has 4 rings (SSSR count). The predicted molar refractivity (Wildman–Crippen MR) is 106 cm³/mol. The number of aliphatic hydroxyl groups excluding tert-OH is 1. The number of rotatable bonds is 5. The second-order valence-electron chi connectivity index (χ2n) is 6.31. The number of hydrogen-bond donors (Lipinski definition) is 1. The first-order valence-corrected chi connectivity index (χ1v) is 9.55. The normalized spacial score (nSPS) is 12.4. The van der Waals surface area contributed by atoms with Crippen molar-refractivity contribution in [3.8, 4) is 11.4 Å². The van der Waals surface area contributed by atoms with Crippen LogP contribution in [0.1, 0.15) is 11.7 Å². The van der Waals surface area contributed by atoms with Gasteiger partial charge >= 0.3 is 0 Å². The molecule has 1 aromatic heterocycles. The third-order valence-electron chi connectivity index (χ3n) is 4.47. The highest BCUT2D eigenvalue weighted by Crippen LogP contribution is 2.28. The van der Waals surface area contributed by atoms with Crippen molar-refractivity contribution in [3.05, 3.63) is 78.1 Å². The Morgan fingerprint density at radius 3 is 2.52 bits per heavy atom. The first-order valence-electron chi connectivity index (χ1n) is 8.57. The van der Waals surface area contributed by atoms with Crippen LogP contribution >= 0.6 is 11.8 Å². The van der Waals surface area contributed by atoms with Crippen LogP contribution < -0.4 is 0 Å². The zero-order valence-electron chi connectivity index (χ0n) is 14.7. The summed E-state index contributed by atoms with van der Waals surface area (Å²) < 4.78 is 14.9. The average molecular weight is 379 g/mol. The molecule has 0 aliphatic carbocycles. The van der Waals surface area contributed by atoms with E-state index in [0.29, 0.717) is 11.3 Å². The molecule has 4 nitrogen and oxygen atoms in total. The van der Waals surface area contributed by atoms with Crippen LogP contribution in [0.5, 0.6) is 0 Å². The monoisotopic (exact) mass is 379 g/mol. The summed E-state index contributed by atoms with van der Waals surface area (Å²) in [5.74, 6) is 0.876. The van der Waals surface area contributed by atoms with Gasteiger partial charge in [0, 0.05) is 18.4 Å². The molecular weight excluding hydrogens is 361 g/mol. The topological polar surface area (TPSA) is 50.9 Å². The minimum atomic E-state index is -0.698. The fraction of sp³-hybridized carbons (Fsp3) is 0.143. The maximum absolute atomic E-state index is 13.0. The molecule has 1 N–H and O–H groups in total. The lowest BCUT2D eigenvalue weighted by Crippen LogP contribution is -2.02. The lowest BCUT2D eigenvalue weighted by atomic mass is 10.1. The van der Waals surface area contributed by atoms with Crippen LogP contribution in [-0.2, 0) is 7.05 Å². The highest BCUT2D eigenvalue weighted by atomic mass is 32.2. The molecule has 0 amide bonds. The number of fused-ring (bicyclic) bond motifs is 1. The number of aliphatic hydroxyl groups is 1. The van der Waals surface area contributed by atoms with Crippen molar-refractivity contribution < 1.29 is 9.50 Å². The first-order chi connectivity index (χ1) is 13.1. The molecule has 0 aliphatic heterocycles. The van der Waals surface area contributed by atoms with Gasteiger partial charge in [-0.05, 0) is 34.5 Å². The number of benzene rings is 3. The third-order valence-corrected chi connectivity index (χ3v) is 5.56. The summed E-state index contributed by atoms with van der Waals surface area (Å²) >= 11 is 1.42. The zero-order valence-corrected chi connectivity index (χ0v) is 15.5. The van der Waals surface area contributed by atoms with E-state index in [1.54, 1.807) is 12.1 Å². The van der Waals surface area contributed by atoms with E-state index in [1.165, 1.54) is 29.3 Å². The van der Waals surface area contributed by atoms with E-state index in [0.717, 1.165) is 21.9 Å². The molecule has 0 spiro atoms. The molecule has 0 radical (unpaired) electrons. The second-order valence-corrected chi connectivity index (χ2v) is 7.29. The SMILES string of the molecule is Cn1c(SCC(O)c2ccc(F)cc2)nnc1-c1ccc2ccccc2c1. The van der Waals surface area contributed by atoms with Gasteiger partial charge in [-0.15, -0.1) is 10.2 Å². The molecule has 6 heteroatoms. The molecular formula is C21H18FN3OS. The number of thioether (sulfide) groups is 1. The quantitative estimate of drug-likeness (QED) is 0.515. The van der Waals surface area contributed by atoms with Gasteiger partial charge in [0.15, 0.2) is 11.0 Å². The standard InChI is InChI=1S/C21H18FN3OS/c1-25-20(17-7-6-14-4-2-3-5-16(14)12-17)23-24-21(25)27-13-19(26)15-8-10-18(22)11-9-15/h2-12,19,26H,13H2,1H3. The van der Waals surface area contributed by atoms with Gasteiger partial charge in [-0.25, -0.2) is 4.39 Å². The van der Waals surface area contributed by atoms with Gasteiger partial charge < -0.3 is 9.67 Å². The number of aromatic nitrogens is 3. The summed E-state index contributed by atoms with van der Waals surface area (Å²) in [6.07, 6.45) is -0.698. The van der Waals surface area contributed by atoms with Crippen molar-refractivity contribution in [2.75, 3.05) is 5.75 Å². The van der Waals surface area contributed by atoms with Crippen LogP contribution in [0, 0.1) is 5.82 Å². The van der Waals surface area contributed by atoms with E-state index in [1.807, 2.05) is 29.8 Å². The molecule has 0 aliphatic rings. The number of hydrogen-bond acceptors (Lipinski definition) is 4. The minimum Gasteiger partial charge on any atom is -0.388 e. The molecule has 0 fully saturated rings. The van der Waals surface area contributed by atoms with Crippen LogP contribution in [-0.4, -0.2) is 25.6 Å². The Hall–Kier alpha value is -2.70. The van der Waals surface area contributed by atoms with E-state index < -0.39 is 6.10 Å². The van der Waals surface area contributed by atoms with Crippen molar-refractivity contribution >= 4 is 22.5 Å². The summed E-state index contributed by atoms with van der Waals surface area (Å²) in [5, 5.41) is 21.9. The summed E-state index contributed by atoms with van der Waals surface area (Å²) in [7, 11) is 1.91. The van der Waals surface area contributed by atoms with E-state index in [4.69, 9.17) is 0 Å². The summed E-state index contributed by atoms with van der Waals surface area (Å²) in [6, 6.07) is 20.3. The van der Waals surface area contributed by atoms with Gasteiger partial charge in [-0.2, -0.15) is 0 Å². The van der Waals surface area contributed by atoms with Crippen LogP contribution in [0.3, 0.4) is 0 Å². The Morgan fingerprint density at radius 2 is 1.74 bits per heavy atom. The van der Waals surface area contributed by atoms with E-state index >= 15 is 0 Å². The van der Waals surface area contributed by atoms with Gasteiger partial charge in [0.1, 0.15) is 5.82 Å². The lowest BCUT2D eigenvalue weighted by Gasteiger charge is -2.10. The van der Waals surface area contributed by atoms with Crippen molar-refractivity contribution in [1.82, 2.24) is 14.8 Å². The first kappa shape index (κ1) is 17.7. The lowest BCUT2D eigenvalue weighted by molar-refractivity contribution is 0.204. The predicted octanol–water partition coefficient (Wildman–Crippen LogP) is 4.60. The molecule has 1 heterocycles. The molecule has 1 unspecified atom stereocenters. The van der Waals surface area contributed by atoms with Crippen molar-refractivity contribution in [1.29, 1.82) is 0 Å². The van der Waals surface area contributed by atoms with Crippen molar-refractivity contribution in [2.45, 2.75) is 11.3 Å². The molecule has 0 saturated heterocycles. The van der Waals surface area contributed by atoms with Crippen molar-refractivity contribution in [3.63, 3.8) is 0 Å². The van der Waals surface area contributed by atoms with E-state index in [2.05, 4.69) is 34.5 Å². The average Bonchev–Trinajstić information content (AvgIpc) is 3.06. The molecule has 3 aromatic carbocycles. The number of halogens is 1. The Kier molecular flexibility index (Phi) is 4.92. The van der Waals surface area contributed by atoms with E-state index in [9.17, 15) is 9.50 Å². The minimum absolute atomic E-state index is 0.313. The van der Waals surface area contributed by atoms with Crippen molar-refractivity contribution in [2.24, 2.45) is 7.05 Å². The smallest absolute Gasteiger partial charge is 0.191 e. The Balaban J connectivity index is 1.52. The summed E-state index contributed by atoms with van der Waals surface area (Å²) in [5.41, 5.74) is 1.68. The molecule has 136 valence electrons. The van der Waals surface area contributed by atoms with Gasteiger partial charge in [0.2, 0.25) is 0 Å². The highest BCUT2D eigenvalue weighted by molar-refractivity contribution is 7.99. The molecule has 27 heavy (non-hydrogen) atoms. The highest BCUT2D eigenvalue weighted by Gasteiger charge is 2.14. The maximum Gasteiger partial charge on any atom is 0.191 e. The van der Waals surface area contributed by atoms with Crippen LogP contribution in [0.2, 0.25) is 0 Å². The fourth-order valence-corrected chi connectivity index (χ4v) is 3.83. The maximum atomic E-state index is 13.0. The second kappa shape index (κ2) is 7.50. The molecule has 4 aromatic rings. The van der Waals surface area contributed by atoms with E-state index in [-0.39, 0.29) is 5.82 Å². The van der Waals surface area contributed by atoms with Crippen LogP contribution in [0.25, 0.3) is 22.2 Å². The van der Waals surface area contributed by atoms with Crippen LogP contribution in [0.4, 0.5) is 4.39 Å². The zero-order chi connectivity index (χ0) is 18.8. The Bertz CT molecular complexity index is 1080. The van der Waals surface area contributed by atoms with Gasteiger partial charge in [0.25, 0.3) is 0 Å². The molecule has 1 atom stereocenters. The van der Waals surface area contributed by atoms with Gasteiger partial charge in [-0.3, -0.25) is 0 Å². The van der Waals surface area contributed by atoms with Gasteiger partial charge in [-0.1, -0.05) is 60.3 Å². The number of nitrogens with zero attached hydrogens (tertiary/aromatic N) is 3. The molecule has 0 saturated carbocycles. The summed E-state index contributed by atoms with van der Waals surface area (Å²) in [4.78, 5) is 0. The Labute approximate surface area is 160 Å². The third kappa shape index (κ3) is 3.72. The molecule has 0 bridgehead atoms. The Morgan fingerprint density at radius 1 is 1.00 bits per heavy atom. The van der Waals surface area contributed by atoms with Crippen LogP contribution in [0.15, 0.2) is 71.9 Å². The fourth-order valence-electron chi connectivity index (χ4n) is 2.96. The summed E-state index contributed by atoms with van der Waals surface area (Å²) in [6.45, 7) is 0. The van der Waals surface area contributed by atoms with Gasteiger partial charge in [0.05, 0.1) is 6.10 Å². The largest absolute Gasteiger partial charge is 0.388 e.